The summed E-state index contributed by atoms with van der Waals surface area (Å²) in [5.74, 6) is -0.156. The Hall–Kier alpha value is -3.18. The molecule has 0 spiro atoms. The van der Waals surface area contributed by atoms with Gasteiger partial charge in [0.25, 0.3) is 0 Å². The smallest absolute Gasteiger partial charge is 0.387 e. The van der Waals surface area contributed by atoms with Crippen LogP contribution in [0, 0.1) is 11.3 Å². The largest absolute Gasteiger partial charge is 0.493 e. The maximum absolute atomic E-state index is 12.6. The van der Waals surface area contributed by atoms with Gasteiger partial charge < -0.3 is 14.8 Å². The molecule has 6 nitrogen and oxygen atoms in total. The number of hydrogen-bond acceptors (Lipinski definition) is 5. The van der Waals surface area contributed by atoms with Gasteiger partial charge in [-0.2, -0.15) is 14.0 Å². The predicted octanol–water partition coefficient (Wildman–Crippen LogP) is 3.63. The van der Waals surface area contributed by atoms with E-state index in [0.29, 0.717) is 23.4 Å². The molecule has 0 bridgehead atoms. The lowest BCUT2D eigenvalue weighted by Gasteiger charge is -2.24. The highest BCUT2D eigenvalue weighted by Crippen LogP contribution is 2.30. The van der Waals surface area contributed by atoms with Crippen LogP contribution in [0.4, 0.5) is 14.5 Å². The van der Waals surface area contributed by atoms with Crippen LogP contribution in [0.5, 0.6) is 11.5 Å². The molecule has 148 valence electrons. The first-order valence-corrected chi connectivity index (χ1v) is 8.47. The molecule has 0 aromatic heterocycles. The maximum Gasteiger partial charge on any atom is 0.387 e. The van der Waals surface area contributed by atoms with Crippen molar-refractivity contribution >= 4 is 11.6 Å². The molecule has 2 aromatic carbocycles. The van der Waals surface area contributed by atoms with Crippen molar-refractivity contribution in [2.24, 2.45) is 0 Å². The molecule has 28 heavy (non-hydrogen) atoms. The molecule has 2 aromatic rings. The summed E-state index contributed by atoms with van der Waals surface area (Å²) in [4.78, 5) is 14.3. The van der Waals surface area contributed by atoms with Crippen LogP contribution in [0.3, 0.4) is 0 Å². The minimum Gasteiger partial charge on any atom is -0.493 e. The molecular formula is C20H21F2N3O3. The lowest BCUT2D eigenvalue weighted by molar-refractivity contribution is -0.120. The number of nitrogens with zero attached hydrogens (tertiary/aromatic N) is 2. The van der Waals surface area contributed by atoms with Crippen LogP contribution in [0.25, 0.3) is 0 Å². The topological polar surface area (TPSA) is 74.6 Å². The summed E-state index contributed by atoms with van der Waals surface area (Å²) >= 11 is 0. The molecule has 0 saturated carbocycles. The fourth-order valence-corrected chi connectivity index (χ4v) is 2.56. The van der Waals surface area contributed by atoms with E-state index in [1.807, 2.05) is 6.07 Å². The summed E-state index contributed by atoms with van der Waals surface area (Å²) in [6.07, 6.45) is 0. The van der Waals surface area contributed by atoms with Crippen molar-refractivity contribution in [3.8, 4) is 17.6 Å². The van der Waals surface area contributed by atoms with Gasteiger partial charge in [-0.3, -0.25) is 9.69 Å². The minimum atomic E-state index is -2.97. The van der Waals surface area contributed by atoms with E-state index in [2.05, 4.69) is 10.1 Å². The molecule has 1 N–H and O–H groups in total. The zero-order valence-corrected chi connectivity index (χ0v) is 15.8. The van der Waals surface area contributed by atoms with Crippen molar-refractivity contribution in [1.29, 1.82) is 5.26 Å². The van der Waals surface area contributed by atoms with Crippen molar-refractivity contribution in [2.45, 2.75) is 26.1 Å². The third-order valence-electron chi connectivity index (χ3n) is 4.22. The van der Waals surface area contributed by atoms with Crippen molar-refractivity contribution in [3.63, 3.8) is 0 Å². The number of halogens is 2. The van der Waals surface area contributed by atoms with Crippen molar-refractivity contribution < 1.29 is 23.0 Å². The number of alkyl halides is 2. The van der Waals surface area contributed by atoms with Crippen LogP contribution in [0.1, 0.15) is 18.1 Å². The van der Waals surface area contributed by atoms with Gasteiger partial charge in [-0.1, -0.05) is 18.2 Å². The standard InChI is InChI=1S/C20H21F2N3O3/c1-13(19(26)24-16-7-5-4-6-15(16)11-23)25(2)12-14-8-9-17(27-3)18(10-14)28-20(21)22/h4-10,13,20H,12H2,1-3H3,(H,24,26). The third-order valence-corrected chi connectivity index (χ3v) is 4.22. The highest BCUT2D eigenvalue weighted by Gasteiger charge is 2.20. The second kappa shape index (κ2) is 9.67. The van der Waals surface area contributed by atoms with E-state index in [4.69, 9.17) is 10.00 Å². The number of carbonyl (C=O) groups is 1. The van der Waals surface area contributed by atoms with Gasteiger partial charge in [0.15, 0.2) is 11.5 Å². The number of amides is 1. The first-order valence-electron chi connectivity index (χ1n) is 8.47. The Morgan fingerprint density at radius 3 is 2.61 bits per heavy atom. The van der Waals surface area contributed by atoms with E-state index in [1.54, 1.807) is 49.2 Å². The van der Waals surface area contributed by atoms with Crippen molar-refractivity contribution in [3.05, 3.63) is 53.6 Å². The average molecular weight is 389 g/mol. The number of nitriles is 1. The molecule has 0 aliphatic heterocycles. The Balaban J connectivity index is 2.08. The van der Waals surface area contributed by atoms with E-state index < -0.39 is 12.7 Å². The summed E-state index contributed by atoms with van der Waals surface area (Å²) in [6.45, 7) is -0.936. The number of benzene rings is 2. The van der Waals surface area contributed by atoms with Crippen LogP contribution in [-0.4, -0.2) is 37.6 Å². The molecule has 0 radical (unpaired) electrons. The second-order valence-electron chi connectivity index (χ2n) is 6.10. The summed E-state index contributed by atoms with van der Waals surface area (Å²) < 4.78 is 34.6. The number of rotatable bonds is 8. The quantitative estimate of drug-likeness (QED) is 0.746. The number of para-hydroxylation sites is 1. The van der Waals surface area contributed by atoms with Gasteiger partial charge in [-0.25, -0.2) is 0 Å². The maximum atomic E-state index is 12.6. The Morgan fingerprint density at radius 1 is 1.25 bits per heavy atom. The van der Waals surface area contributed by atoms with Crippen LogP contribution in [-0.2, 0) is 11.3 Å². The summed E-state index contributed by atoms with van der Waals surface area (Å²) in [6, 6.07) is 12.9. The van der Waals surface area contributed by atoms with Crippen LogP contribution in [0.15, 0.2) is 42.5 Å². The summed E-state index contributed by atoms with van der Waals surface area (Å²) in [5.41, 5.74) is 1.48. The van der Waals surface area contributed by atoms with E-state index in [9.17, 15) is 13.6 Å². The molecule has 1 unspecified atom stereocenters. The molecule has 2 rings (SSSR count). The normalized spacial score (nSPS) is 11.8. The fraction of sp³-hybridized carbons (Fsp3) is 0.300. The zero-order valence-electron chi connectivity index (χ0n) is 15.8. The average Bonchev–Trinajstić information content (AvgIpc) is 2.67. The van der Waals surface area contributed by atoms with Gasteiger partial charge in [-0.15, -0.1) is 0 Å². The van der Waals surface area contributed by atoms with E-state index >= 15 is 0 Å². The number of carbonyl (C=O) groups excluding carboxylic acids is 1. The zero-order chi connectivity index (χ0) is 20.7. The third kappa shape index (κ3) is 5.41. The Morgan fingerprint density at radius 2 is 1.96 bits per heavy atom. The monoisotopic (exact) mass is 389 g/mol. The minimum absolute atomic E-state index is 0.0662. The van der Waals surface area contributed by atoms with Crippen LogP contribution < -0.4 is 14.8 Å². The Labute approximate surface area is 162 Å². The number of anilines is 1. The molecule has 0 aliphatic rings. The van der Waals surface area contributed by atoms with E-state index in [0.717, 1.165) is 0 Å². The van der Waals surface area contributed by atoms with Gasteiger partial charge in [0.05, 0.1) is 24.4 Å². The number of ether oxygens (including phenoxy) is 2. The molecule has 0 fully saturated rings. The second-order valence-corrected chi connectivity index (χ2v) is 6.10. The predicted molar refractivity (Wildman–Crippen MR) is 100 cm³/mol. The van der Waals surface area contributed by atoms with Crippen LogP contribution in [0.2, 0.25) is 0 Å². The summed E-state index contributed by atoms with van der Waals surface area (Å²) in [5, 5.41) is 11.9. The van der Waals surface area contributed by atoms with Gasteiger partial charge in [-0.05, 0) is 43.8 Å². The van der Waals surface area contributed by atoms with Gasteiger partial charge in [0, 0.05) is 6.54 Å². The van der Waals surface area contributed by atoms with Gasteiger partial charge in [0.2, 0.25) is 5.91 Å². The molecule has 0 saturated heterocycles. The fourth-order valence-electron chi connectivity index (χ4n) is 2.56. The molecule has 0 heterocycles. The Bertz CT molecular complexity index is 868. The van der Waals surface area contributed by atoms with Gasteiger partial charge in [0.1, 0.15) is 6.07 Å². The first-order chi connectivity index (χ1) is 13.3. The highest BCUT2D eigenvalue weighted by atomic mass is 19.3. The first kappa shape index (κ1) is 21.1. The highest BCUT2D eigenvalue weighted by molar-refractivity contribution is 5.95. The molecule has 1 atom stereocenters. The van der Waals surface area contributed by atoms with Crippen LogP contribution >= 0.6 is 0 Å². The Kier molecular flexibility index (Phi) is 7.29. The van der Waals surface area contributed by atoms with E-state index in [1.165, 1.54) is 19.2 Å². The molecule has 8 heteroatoms. The number of hydrogen-bond donors (Lipinski definition) is 1. The van der Waals surface area contributed by atoms with Gasteiger partial charge >= 0.3 is 6.61 Å². The SMILES string of the molecule is COc1ccc(CN(C)C(C)C(=O)Nc2ccccc2C#N)cc1OC(F)F. The molecule has 1 amide bonds. The van der Waals surface area contributed by atoms with E-state index in [-0.39, 0.29) is 17.4 Å². The lowest BCUT2D eigenvalue weighted by atomic mass is 10.1. The summed E-state index contributed by atoms with van der Waals surface area (Å²) in [7, 11) is 3.10. The number of methoxy groups -OCH3 is 1. The van der Waals surface area contributed by atoms with Crippen molar-refractivity contribution in [2.75, 3.05) is 19.5 Å². The number of likely N-dealkylation sites (N-methyl/N-ethyl adjacent to an activating group) is 1. The molecular weight excluding hydrogens is 368 g/mol. The number of nitrogens with one attached hydrogen (secondary N) is 1. The lowest BCUT2D eigenvalue weighted by Crippen LogP contribution is -2.39. The van der Waals surface area contributed by atoms with Crippen molar-refractivity contribution in [1.82, 2.24) is 4.90 Å². The molecule has 0 aliphatic carbocycles.